The zero-order valence-corrected chi connectivity index (χ0v) is 15.1. The number of nitrogens with zero attached hydrogens (tertiary/aromatic N) is 2. The summed E-state index contributed by atoms with van der Waals surface area (Å²) in [5, 5.41) is 12.3. The number of hydrogen-bond donors (Lipinski definition) is 2. The van der Waals surface area contributed by atoms with E-state index in [0.717, 1.165) is 5.69 Å². The number of carbonyl (C=O) groups excluding carboxylic acids is 2. The van der Waals surface area contributed by atoms with E-state index in [-0.39, 0.29) is 18.4 Å². The van der Waals surface area contributed by atoms with E-state index in [9.17, 15) is 14.4 Å². The van der Waals surface area contributed by atoms with Gasteiger partial charge in [0.15, 0.2) is 0 Å². The number of aliphatic carboxylic acids is 1. The molecule has 8 heteroatoms. The summed E-state index contributed by atoms with van der Waals surface area (Å²) >= 11 is 5.90. The van der Waals surface area contributed by atoms with E-state index in [0.29, 0.717) is 44.0 Å². The Hall–Kier alpha value is -2.28. The summed E-state index contributed by atoms with van der Waals surface area (Å²) in [6, 6.07) is 7.60. The van der Waals surface area contributed by atoms with Gasteiger partial charge in [0, 0.05) is 36.9 Å². The molecule has 1 heterocycles. The van der Waals surface area contributed by atoms with E-state index in [1.165, 1.54) is 0 Å². The lowest BCUT2D eigenvalue weighted by Gasteiger charge is -2.36. The number of benzene rings is 1. The first-order valence-electron chi connectivity index (χ1n) is 8.74. The Morgan fingerprint density at radius 3 is 2.19 bits per heavy atom. The number of anilines is 1. The average Bonchev–Trinajstić information content (AvgIpc) is 2.59. The quantitative estimate of drug-likeness (QED) is 0.802. The van der Waals surface area contributed by atoms with Crippen molar-refractivity contribution in [1.29, 1.82) is 0 Å². The number of carboxylic acids is 1. The summed E-state index contributed by atoms with van der Waals surface area (Å²) in [6.07, 6.45) is 1.09. The fraction of sp³-hybridized carbons (Fsp3) is 0.500. The van der Waals surface area contributed by atoms with Crippen molar-refractivity contribution in [3.8, 4) is 0 Å². The molecule has 3 rings (SSSR count). The molecule has 2 N–H and O–H groups in total. The SMILES string of the molecule is O=C(O)C1CCC1C(=O)NCC(=O)N1CCN(c2ccc(Cl)cc2)CC1. The van der Waals surface area contributed by atoms with Gasteiger partial charge in [-0.2, -0.15) is 0 Å². The maximum absolute atomic E-state index is 12.3. The molecule has 2 fully saturated rings. The summed E-state index contributed by atoms with van der Waals surface area (Å²) in [5.74, 6) is -2.55. The van der Waals surface area contributed by atoms with Gasteiger partial charge in [-0.3, -0.25) is 14.4 Å². The van der Waals surface area contributed by atoms with Crippen LogP contribution < -0.4 is 10.2 Å². The van der Waals surface area contributed by atoms with Crippen molar-refractivity contribution in [3.63, 3.8) is 0 Å². The first-order valence-corrected chi connectivity index (χ1v) is 9.12. The highest BCUT2D eigenvalue weighted by Gasteiger charge is 2.41. The van der Waals surface area contributed by atoms with E-state index >= 15 is 0 Å². The van der Waals surface area contributed by atoms with Crippen LogP contribution in [-0.2, 0) is 14.4 Å². The Labute approximate surface area is 156 Å². The van der Waals surface area contributed by atoms with Crippen molar-refractivity contribution in [1.82, 2.24) is 10.2 Å². The molecule has 2 unspecified atom stereocenters. The third-order valence-corrected chi connectivity index (χ3v) is 5.42. The Morgan fingerprint density at radius 1 is 1.04 bits per heavy atom. The molecule has 1 aliphatic heterocycles. The van der Waals surface area contributed by atoms with Gasteiger partial charge in [-0.25, -0.2) is 0 Å². The molecule has 7 nitrogen and oxygen atoms in total. The Bertz CT molecular complexity index is 686. The van der Waals surface area contributed by atoms with Crippen LogP contribution in [0.1, 0.15) is 12.8 Å². The topological polar surface area (TPSA) is 89.9 Å². The van der Waals surface area contributed by atoms with Crippen LogP contribution in [0.5, 0.6) is 0 Å². The smallest absolute Gasteiger partial charge is 0.307 e. The van der Waals surface area contributed by atoms with Crippen LogP contribution in [0.25, 0.3) is 0 Å². The second-order valence-electron chi connectivity index (χ2n) is 6.69. The van der Waals surface area contributed by atoms with Crippen LogP contribution in [0.2, 0.25) is 5.02 Å². The Kier molecular flexibility index (Phi) is 5.66. The van der Waals surface area contributed by atoms with Crippen molar-refractivity contribution in [2.45, 2.75) is 12.8 Å². The second-order valence-corrected chi connectivity index (χ2v) is 7.13. The highest BCUT2D eigenvalue weighted by molar-refractivity contribution is 6.30. The van der Waals surface area contributed by atoms with Gasteiger partial charge in [0.25, 0.3) is 0 Å². The third kappa shape index (κ3) is 4.09. The molecule has 0 aromatic heterocycles. The van der Waals surface area contributed by atoms with E-state index < -0.39 is 17.8 Å². The molecule has 1 aromatic carbocycles. The maximum atomic E-state index is 12.3. The lowest BCUT2D eigenvalue weighted by molar-refractivity contribution is -0.152. The number of amides is 2. The third-order valence-electron chi connectivity index (χ3n) is 5.17. The summed E-state index contributed by atoms with van der Waals surface area (Å²) < 4.78 is 0. The highest BCUT2D eigenvalue weighted by Crippen LogP contribution is 2.34. The Morgan fingerprint density at radius 2 is 1.65 bits per heavy atom. The van der Waals surface area contributed by atoms with Gasteiger partial charge in [0.1, 0.15) is 0 Å². The molecule has 1 saturated heterocycles. The second kappa shape index (κ2) is 7.95. The van der Waals surface area contributed by atoms with Crippen LogP contribution >= 0.6 is 11.6 Å². The number of carboxylic acid groups (broad SMARTS) is 1. The number of rotatable bonds is 5. The average molecular weight is 380 g/mol. The largest absolute Gasteiger partial charge is 0.481 e. The van der Waals surface area contributed by atoms with Gasteiger partial charge < -0.3 is 20.2 Å². The molecule has 1 aromatic rings. The van der Waals surface area contributed by atoms with Crippen molar-refractivity contribution in [2.24, 2.45) is 11.8 Å². The van der Waals surface area contributed by atoms with E-state index in [1.54, 1.807) is 4.90 Å². The summed E-state index contributed by atoms with van der Waals surface area (Å²) in [6.45, 7) is 2.51. The highest BCUT2D eigenvalue weighted by atomic mass is 35.5. The van der Waals surface area contributed by atoms with E-state index in [1.807, 2.05) is 24.3 Å². The van der Waals surface area contributed by atoms with Crippen LogP contribution in [0.15, 0.2) is 24.3 Å². The fourth-order valence-corrected chi connectivity index (χ4v) is 3.51. The van der Waals surface area contributed by atoms with Crippen molar-refractivity contribution < 1.29 is 19.5 Å². The molecule has 26 heavy (non-hydrogen) atoms. The molecule has 1 saturated carbocycles. The number of nitrogens with one attached hydrogen (secondary N) is 1. The molecular weight excluding hydrogens is 358 g/mol. The molecular formula is C18H22ClN3O4. The Balaban J connectivity index is 1.43. The van der Waals surface area contributed by atoms with Crippen molar-refractivity contribution in [2.75, 3.05) is 37.6 Å². The first kappa shape index (κ1) is 18.5. The predicted molar refractivity (Wildman–Crippen MR) is 97.1 cm³/mol. The molecule has 140 valence electrons. The van der Waals surface area contributed by atoms with Crippen LogP contribution in [0.3, 0.4) is 0 Å². The van der Waals surface area contributed by atoms with Gasteiger partial charge in [0.05, 0.1) is 18.4 Å². The van der Waals surface area contributed by atoms with Gasteiger partial charge >= 0.3 is 5.97 Å². The van der Waals surface area contributed by atoms with Crippen LogP contribution in [-0.4, -0.2) is 60.5 Å². The molecule has 0 spiro atoms. The van der Waals surface area contributed by atoms with Crippen LogP contribution in [0, 0.1) is 11.8 Å². The molecule has 0 radical (unpaired) electrons. The van der Waals surface area contributed by atoms with E-state index in [2.05, 4.69) is 10.2 Å². The normalized spacial score (nSPS) is 22.5. The summed E-state index contributed by atoms with van der Waals surface area (Å²) in [7, 11) is 0. The van der Waals surface area contributed by atoms with Crippen molar-refractivity contribution >= 4 is 35.1 Å². The molecule has 2 atom stereocenters. The fourth-order valence-electron chi connectivity index (χ4n) is 3.38. The van der Waals surface area contributed by atoms with Gasteiger partial charge in [0.2, 0.25) is 11.8 Å². The van der Waals surface area contributed by atoms with Gasteiger partial charge in [-0.05, 0) is 37.1 Å². The zero-order valence-electron chi connectivity index (χ0n) is 14.4. The van der Waals surface area contributed by atoms with Crippen molar-refractivity contribution in [3.05, 3.63) is 29.3 Å². The minimum Gasteiger partial charge on any atom is -0.481 e. The summed E-state index contributed by atoms with van der Waals surface area (Å²) in [5.41, 5.74) is 1.07. The lowest BCUT2D eigenvalue weighted by Crippen LogP contribution is -2.52. The minimum atomic E-state index is -0.943. The monoisotopic (exact) mass is 379 g/mol. The molecule has 2 aliphatic rings. The summed E-state index contributed by atoms with van der Waals surface area (Å²) in [4.78, 5) is 39.2. The zero-order chi connectivity index (χ0) is 18.7. The van der Waals surface area contributed by atoms with Gasteiger partial charge in [-0.15, -0.1) is 0 Å². The lowest BCUT2D eigenvalue weighted by atomic mass is 9.73. The number of piperazine rings is 1. The van der Waals surface area contributed by atoms with E-state index in [4.69, 9.17) is 16.7 Å². The van der Waals surface area contributed by atoms with Crippen LogP contribution in [0.4, 0.5) is 5.69 Å². The molecule has 1 aliphatic carbocycles. The molecule has 2 amide bonds. The number of hydrogen-bond acceptors (Lipinski definition) is 4. The predicted octanol–water partition coefficient (Wildman–Crippen LogP) is 1.22. The molecule has 0 bridgehead atoms. The number of halogens is 1. The maximum Gasteiger partial charge on any atom is 0.307 e. The first-order chi connectivity index (χ1) is 12.5. The number of carbonyl (C=O) groups is 3. The van der Waals surface area contributed by atoms with Gasteiger partial charge in [-0.1, -0.05) is 11.6 Å². The minimum absolute atomic E-state index is 0.0807. The standard InChI is InChI=1S/C18H22ClN3O4/c19-12-1-3-13(4-2-12)21-7-9-22(10-8-21)16(23)11-20-17(24)14-5-6-15(14)18(25)26/h1-4,14-15H,5-11H2,(H,20,24)(H,25,26).